The predicted molar refractivity (Wildman–Crippen MR) is 118 cm³/mol. The largest absolute Gasteiger partial charge is 0.382 e. The van der Waals surface area contributed by atoms with Crippen LogP contribution in [0.1, 0.15) is 32.3 Å². The summed E-state index contributed by atoms with van der Waals surface area (Å²) < 4.78 is 10.7. The number of rotatable bonds is 13. The normalized spacial score (nSPS) is 10.0. The Morgan fingerprint density at radius 2 is 1.56 bits per heavy atom. The number of non-ortho nitro benzene ring substituents is 1. The van der Waals surface area contributed by atoms with Crippen LogP contribution in [0, 0.1) is 10.1 Å². The average Bonchev–Trinajstić information content (AvgIpc) is 2.65. The summed E-state index contributed by atoms with van der Waals surface area (Å²) in [5.74, 6) is 0.719. The van der Waals surface area contributed by atoms with Crippen LogP contribution in [-0.2, 0) is 16.0 Å². The molecule has 2 N–H and O–H groups in total. The Bertz CT molecular complexity index is 525. The van der Waals surface area contributed by atoms with Crippen LogP contribution in [-0.4, -0.2) is 50.4 Å². The Labute approximate surface area is 178 Å². The number of guanidine groups is 1. The maximum absolute atomic E-state index is 10.7. The van der Waals surface area contributed by atoms with E-state index in [-0.39, 0.29) is 29.7 Å². The first kappa shape index (κ1) is 25.5. The molecular weight excluding hydrogens is 463 g/mol. The van der Waals surface area contributed by atoms with Crippen molar-refractivity contribution in [2.24, 2.45) is 4.99 Å². The van der Waals surface area contributed by atoms with Crippen LogP contribution in [0.15, 0.2) is 29.3 Å². The highest BCUT2D eigenvalue weighted by atomic mass is 127. The van der Waals surface area contributed by atoms with E-state index in [9.17, 15) is 10.1 Å². The molecule has 0 radical (unpaired) electrons. The van der Waals surface area contributed by atoms with E-state index in [2.05, 4.69) is 15.6 Å². The molecule has 0 aromatic heterocycles. The zero-order valence-corrected chi connectivity index (χ0v) is 18.4. The van der Waals surface area contributed by atoms with E-state index in [1.807, 2.05) is 13.8 Å². The second-order valence-electron chi connectivity index (χ2n) is 5.54. The van der Waals surface area contributed by atoms with Crippen LogP contribution in [0.3, 0.4) is 0 Å². The third kappa shape index (κ3) is 12.5. The van der Waals surface area contributed by atoms with E-state index in [4.69, 9.17) is 9.47 Å². The molecule has 27 heavy (non-hydrogen) atoms. The Hall–Kier alpha value is -1.46. The molecule has 0 heterocycles. The Kier molecular flexibility index (Phi) is 15.8. The first-order chi connectivity index (χ1) is 12.7. The van der Waals surface area contributed by atoms with Crippen LogP contribution < -0.4 is 10.6 Å². The summed E-state index contributed by atoms with van der Waals surface area (Å²) in [6.07, 6.45) is 1.79. The lowest BCUT2D eigenvalue weighted by Crippen LogP contribution is -2.39. The second-order valence-corrected chi connectivity index (χ2v) is 5.54. The number of benzene rings is 1. The first-order valence-electron chi connectivity index (χ1n) is 9.08. The van der Waals surface area contributed by atoms with Crippen LogP contribution in [0.2, 0.25) is 0 Å². The number of nitrogens with zero attached hydrogens (tertiary/aromatic N) is 2. The minimum atomic E-state index is -0.404. The molecule has 1 rings (SSSR count). The van der Waals surface area contributed by atoms with E-state index < -0.39 is 4.92 Å². The van der Waals surface area contributed by atoms with Crippen LogP contribution in [0.25, 0.3) is 0 Å². The summed E-state index contributed by atoms with van der Waals surface area (Å²) in [4.78, 5) is 14.8. The van der Waals surface area contributed by atoms with Gasteiger partial charge in [0, 0.05) is 51.6 Å². The minimum Gasteiger partial charge on any atom is -0.382 e. The third-order valence-electron chi connectivity index (χ3n) is 3.49. The minimum absolute atomic E-state index is 0. The van der Waals surface area contributed by atoms with Crippen molar-refractivity contribution in [1.29, 1.82) is 0 Å². The summed E-state index contributed by atoms with van der Waals surface area (Å²) >= 11 is 0. The zero-order chi connectivity index (χ0) is 19.0. The second kappa shape index (κ2) is 16.7. The molecule has 0 aliphatic heterocycles. The van der Waals surface area contributed by atoms with E-state index in [1.54, 1.807) is 12.1 Å². The zero-order valence-electron chi connectivity index (χ0n) is 16.1. The van der Waals surface area contributed by atoms with Gasteiger partial charge in [-0.1, -0.05) is 12.1 Å². The van der Waals surface area contributed by atoms with Gasteiger partial charge in [-0.3, -0.25) is 10.1 Å². The highest BCUT2D eigenvalue weighted by molar-refractivity contribution is 14.0. The summed E-state index contributed by atoms with van der Waals surface area (Å²) in [5, 5.41) is 17.3. The lowest BCUT2D eigenvalue weighted by molar-refractivity contribution is -0.384. The van der Waals surface area contributed by atoms with Crippen molar-refractivity contribution >= 4 is 35.6 Å². The molecule has 0 saturated carbocycles. The summed E-state index contributed by atoms with van der Waals surface area (Å²) in [7, 11) is 0. The van der Waals surface area contributed by atoms with E-state index in [0.29, 0.717) is 19.8 Å². The van der Waals surface area contributed by atoms with Crippen molar-refractivity contribution in [3.05, 3.63) is 39.9 Å². The number of nitrogens with one attached hydrogen (secondary N) is 2. The number of hydrogen-bond acceptors (Lipinski definition) is 5. The molecule has 0 saturated heterocycles. The first-order valence-corrected chi connectivity index (χ1v) is 9.08. The van der Waals surface area contributed by atoms with Crippen LogP contribution >= 0.6 is 24.0 Å². The SMILES string of the molecule is CCOCCCNC(=NCc1ccc([N+](=O)[O-])cc1)NCCCOCC.I. The monoisotopic (exact) mass is 494 g/mol. The van der Waals surface area contributed by atoms with Gasteiger partial charge in [0.05, 0.1) is 11.5 Å². The molecule has 0 fully saturated rings. The van der Waals surface area contributed by atoms with Gasteiger partial charge in [0.25, 0.3) is 5.69 Å². The topological polar surface area (TPSA) is 98.0 Å². The highest BCUT2D eigenvalue weighted by Crippen LogP contribution is 2.12. The molecule has 0 spiro atoms. The number of aliphatic imine (C=N–C) groups is 1. The summed E-state index contributed by atoms with van der Waals surface area (Å²) in [6.45, 7) is 8.79. The van der Waals surface area contributed by atoms with Gasteiger partial charge < -0.3 is 20.1 Å². The van der Waals surface area contributed by atoms with Crippen molar-refractivity contribution in [2.75, 3.05) is 39.5 Å². The highest BCUT2D eigenvalue weighted by Gasteiger charge is 2.04. The van der Waals surface area contributed by atoms with Gasteiger partial charge >= 0.3 is 0 Å². The molecule has 0 amide bonds. The fourth-order valence-corrected chi connectivity index (χ4v) is 2.12. The Morgan fingerprint density at radius 3 is 2.00 bits per heavy atom. The van der Waals surface area contributed by atoms with Crippen molar-refractivity contribution in [3.63, 3.8) is 0 Å². The molecule has 1 aromatic rings. The van der Waals surface area contributed by atoms with Gasteiger partial charge in [0.15, 0.2) is 5.96 Å². The lowest BCUT2D eigenvalue weighted by Gasteiger charge is -2.13. The standard InChI is InChI=1S/C18H30N4O4.HI/c1-3-25-13-5-11-19-18(20-12-6-14-26-4-2)21-15-16-7-9-17(10-8-16)22(23)24;/h7-10H,3-6,11-15H2,1-2H3,(H2,19,20,21);1H. The molecule has 0 unspecified atom stereocenters. The smallest absolute Gasteiger partial charge is 0.269 e. The molecule has 0 atom stereocenters. The fourth-order valence-electron chi connectivity index (χ4n) is 2.12. The number of ether oxygens (including phenoxy) is 2. The number of halogens is 1. The van der Waals surface area contributed by atoms with Crippen molar-refractivity contribution in [1.82, 2.24) is 10.6 Å². The van der Waals surface area contributed by atoms with Gasteiger partial charge in [0.1, 0.15) is 0 Å². The maximum atomic E-state index is 10.7. The molecule has 0 aliphatic carbocycles. The molecule has 154 valence electrons. The van der Waals surface area contributed by atoms with Gasteiger partial charge in [-0.15, -0.1) is 24.0 Å². The van der Waals surface area contributed by atoms with Crippen LogP contribution in [0.4, 0.5) is 5.69 Å². The van der Waals surface area contributed by atoms with E-state index >= 15 is 0 Å². The van der Waals surface area contributed by atoms with Crippen molar-refractivity contribution < 1.29 is 14.4 Å². The Balaban J connectivity index is 0.00000676. The van der Waals surface area contributed by atoms with Crippen LogP contribution in [0.5, 0.6) is 0 Å². The van der Waals surface area contributed by atoms with Gasteiger partial charge in [-0.2, -0.15) is 0 Å². The molecule has 8 nitrogen and oxygen atoms in total. The molecule has 1 aromatic carbocycles. The fraction of sp³-hybridized carbons (Fsp3) is 0.611. The summed E-state index contributed by atoms with van der Waals surface area (Å²) in [6, 6.07) is 6.44. The molecular formula is C18H31IN4O4. The number of nitro benzene ring substituents is 1. The maximum Gasteiger partial charge on any atom is 0.269 e. The quantitative estimate of drug-likeness (QED) is 0.109. The molecule has 0 bridgehead atoms. The average molecular weight is 494 g/mol. The number of hydrogen-bond donors (Lipinski definition) is 2. The summed E-state index contributed by atoms with van der Waals surface area (Å²) in [5.41, 5.74) is 1.00. The van der Waals surface area contributed by atoms with E-state index in [0.717, 1.165) is 50.7 Å². The predicted octanol–water partition coefficient (Wildman–Crippen LogP) is 3.10. The van der Waals surface area contributed by atoms with E-state index in [1.165, 1.54) is 12.1 Å². The van der Waals surface area contributed by atoms with Crippen molar-refractivity contribution in [2.45, 2.75) is 33.2 Å². The molecule has 0 aliphatic rings. The van der Waals surface area contributed by atoms with Gasteiger partial charge in [-0.25, -0.2) is 4.99 Å². The third-order valence-corrected chi connectivity index (χ3v) is 3.49. The molecule has 9 heteroatoms. The lowest BCUT2D eigenvalue weighted by atomic mass is 10.2. The Morgan fingerprint density at radius 1 is 1.04 bits per heavy atom. The van der Waals surface area contributed by atoms with Gasteiger partial charge in [-0.05, 0) is 32.3 Å². The van der Waals surface area contributed by atoms with Gasteiger partial charge in [0.2, 0.25) is 0 Å². The van der Waals surface area contributed by atoms with Crippen molar-refractivity contribution in [3.8, 4) is 0 Å². The number of nitro groups is 1.